The number of aliphatic imine (C=N–C) groups is 1. The summed E-state index contributed by atoms with van der Waals surface area (Å²) < 4.78 is 19.4. The maximum absolute atomic E-state index is 13.6. The number of nitrogen functional groups attached to an aromatic ring is 1. The third kappa shape index (κ3) is 6.84. The smallest absolute Gasteiger partial charge is 0.407 e. The zero-order chi connectivity index (χ0) is 24.2. The predicted molar refractivity (Wildman–Crippen MR) is 126 cm³/mol. The number of carbonyl (C=O) groups is 1. The lowest BCUT2D eigenvalue weighted by atomic mass is 9.95. The second-order valence-corrected chi connectivity index (χ2v) is 9.44. The minimum atomic E-state index is -0.548. The summed E-state index contributed by atoms with van der Waals surface area (Å²) in [5.74, 6) is 0.309. The molecule has 4 N–H and O–H groups in total. The highest BCUT2D eigenvalue weighted by atomic mass is 79.9. The normalized spacial score (nSPS) is 15.5. The van der Waals surface area contributed by atoms with Crippen LogP contribution in [0.5, 0.6) is 0 Å². The summed E-state index contributed by atoms with van der Waals surface area (Å²) >= 11 is 3.42. The predicted octanol–water partition coefficient (Wildman–Crippen LogP) is 3.75. The van der Waals surface area contributed by atoms with Gasteiger partial charge in [0.15, 0.2) is 5.84 Å². The Bertz CT molecular complexity index is 1060. The first-order chi connectivity index (χ1) is 15.5. The quantitative estimate of drug-likeness (QED) is 0.389. The Morgan fingerprint density at radius 2 is 2.09 bits per heavy atom. The SMILES string of the molecule is Cc1nc(N)nc2c1C(NOCCCNC(=O)OC(C)(C)C)=N[C@@H](c1ccc(F)cc1Br)C2. The number of aromatic nitrogens is 2. The molecule has 33 heavy (non-hydrogen) atoms. The van der Waals surface area contributed by atoms with Gasteiger partial charge in [-0.2, -0.15) is 0 Å². The number of hydrogen-bond donors (Lipinski definition) is 3. The molecule has 1 aliphatic rings. The van der Waals surface area contributed by atoms with Crippen LogP contribution in [0.15, 0.2) is 27.7 Å². The fourth-order valence-electron chi connectivity index (χ4n) is 3.36. The second-order valence-electron chi connectivity index (χ2n) is 8.59. The maximum atomic E-state index is 13.6. The van der Waals surface area contributed by atoms with Crippen molar-refractivity contribution in [3.63, 3.8) is 0 Å². The van der Waals surface area contributed by atoms with Gasteiger partial charge >= 0.3 is 6.09 Å². The van der Waals surface area contributed by atoms with E-state index in [9.17, 15) is 9.18 Å². The van der Waals surface area contributed by atoms with Crippen molar-refractivity contribution in [2.75, 3.05) is 18.9 Å². The molecule has 1 aliphatic heterocycles. The van der Waals surface area contributed by atoms with Crippen molar-refractivity contribution < 1.29 is 18.8 Å². The Kier molecular flexibility index (Phi) is 7.85. The average Bonchev–Trinajstić information content (AvgIpc) is 2.68. The second kappa shape index (κ2) is 10.4. The van der Waals surface area contributed by atoms with Crippen molar-refractivity contribution in [3.05, 3.63) is 51.0 Å². The summed E-state index contributed by atoms with van der Waals surface area (Å²) in [7, 11) is 0. The number of amides is 1. The number of halogens is 2. The number of aryl methyl sites for hydroxylation is 1. The maximum Gasteiger partial charge on any atom is 0.407 e. The first-order valence-corrected chi connectivity index (χ1v) is 11.3. The number of hydrogen-bond acceptors (Lipinski definition) is 8. The molecule has 178 valence electrons. The zero-order valence-electron chi connectivity index (χ0n) is 19.0. The number of nitrogens with zero attached hydrogens (tertiary/aromatic N) is 3. The molecule has 1 atom stereocenters. The standard InChI is InChI=1S/C22H28BrFN6O3/c1-12-18-17(29-20(25)27-12)11-16(14-7-6-13(24)10-15(14)23)28-19(18)30-32-9-5-8-26-21(31)33-22(2,3)4/h6-7,10,16H,5,8-9,11H2,1-4H3,(H,26,31)(H,28,30)(H2,25,27,29)/t16-/m1/s1. The molecule has 2 aromatic rings. The monoisotopic (exact) mass is 522 g/mol. The number of benzene rings is 1. The Balaban J connectivity index is 1.67. The van der Waals surface area contributed by atoms with E-state index in [4.69, 9.17) is 20.3 Å². The van der Waals surface area contributed by atoms with Gasteiger partial charge in [0.2, 0.25) is 5.95 Å². The molecule has 3 rings (SSSR count). The van der Waals surface area contributed by atoms with Crippen LogP contribution in [0.4, 0.5) is 15.1 Å². The number of fused-ring (bicyclic) bond motifs is 1. The summed E-state index contributed by atoms with van der Waals surface area (Å²) in [6.45, 7) is 7.94. The summed E-state index contributed by atoms with van der Waals surface area (Å²) in [5.41, 5.74) is 11.2. The minimum Gasteiger partial charge on any atom is -0.444 e. The summed E-state index contributed by atoms with van der Waals surface area (Å²) in [6, 6.07) is 4.17. The summed E-state index contributed by atoms with van der Waals surface area (Å²) in [5, 5.41) is 2.68. The minimum absolute atomic E-state index is 0.179. The van der Waals surface area contributed by atoms with Gasteiger partial charge in [-0.15, -0.1) is 0 Å². The lowest BCUT2D eigenvalue weighted by Gasteiger charge is -2.25. The highest BCUT2D eigenvalue weighted by Gasteiger charge is 2.28. The summed E-state index contributed by atoms with van der Waals surface area (Å²) in [4.78, 5) is 30.7. The van der Waals surface area contributed by atoms with Crippen LogP contribution in [0.3, 0.4) is 0 Å². The van der Waals surface area contributed by atoms with Crippen molar-refractivity contribution in [1.29, 1.82) is 0 Å². The average molecular weight is 523 g/mol. The van der Waals surface area contributed by atoms with Crippen LogP contribution in [0.2, 0.25) is 0 Å². The molecule has 0 unspecified atom stereocenters. The van der Waals surface area contributed by atoms with Crippen molar-refractivity contribution in [3.8, 4) is 0 Å². The third-order valence-electron chi connectivity index (χ3n) is 4.67. The lowest BCUT2D eigenvalue weighted by Crippen LogP contribution is -2.34. The van der Waals surface area contributed by atoms with E-state index in [1.807, 2.05) is 6.92 Å². The number of anilines is 1. The number of nitrogens with two attached hydrogens (primary N) is 1. The van der Waals surface area contributed by atoms with E-state index in [2.05, 4.69) is 36.7 Å². The van der Waals surface area contributed by atoms with Crippen LogP contribution in [0.1, 0.15) is 55.7 Å². The molecule has 1 amide bonds. The summed E-state index contributed by atoms with van der Waals surface area (Å²) in [6.07, 6.45) is 0.563. The van der Waals surface area contributed by atoms with Crippen molar-refractivity contribution in [1.82, 2.24) is 20.8 Å². The van der Waals surface area contributed by atoms with Gasteiger partial charge in [0, 0.05) is 17.4 Å². The van der Waals surface area contributed by atoms with Crippen LogP contribution < -0.4 is 16.5 Å². The van der Waals surface area contributed by atoms with E-state index in [0.717, 1.165) is 16.8 Å². The zero-order valence-corrected chi connectivity index (χ0v) is 20.6. The van der Waals surface area contributed by atoms with E-state index in [1.54, 1.807) is 26.8 Å². The van der Waals surface area contributed by atoms with Gasteiger partial charge in [0.25, 0.3) is 0 Å². The van der Waals surface area contributed by atoms with Crippen LogP contribution in [0.25, 0.3) is 0 Å². The van der Waals surface area contributed by atoms with E-state index in [0.29, 0.717) is 42.0 Å². The molecule has 0 saturated carbocycles. The van der Waals surface area contributed by atoms with Crippen LogP contribution >= 0.6 is 15.9 Å². The Labute approximate surface area is 200 Å². The molecular formula is C22H28BrFN6O3. The number of nitrogens with one attached hydrogen (secondary N) is 2. The van der Waals surface area contributed by atoms with Crippen LogP contribution in [-0.2, 0) is 16.0 Å². The third-order valence-corrected chi connectivity index (χ3v) is 5.36. The van der Waals surface area contributed by atoms with Crippen molar-refractivity contribution in [2.24, 2.45) is 4.99 Å². The van der Waals surface area contributed by atoms with Gasteiger partial charge in [0.1, 0.15) is 11.4 Å². The van der Waals surface area contributed by atoms with Crippen LogP contribution in [-0.4, -0.2) is 40.6 Å². The Hall–Kier alpha value is -2.79. The number of hydroxylamine groups is 1. The molecule has 0 radical (unpaired) electrons. The van der Waals surface area contributed by atoms with Crippen molar-refractivity contribution in [2.45, 2.75) is 52.2 Å². The first kappa shape index (κ1) is 24.8. The molecule has 11 heteroatoms. The van der Waals surface area contributed by atoms with E-state index < -0.39 is 11.7 Å². The number of amidine groups is 1. The molecule has 1 aromatic carbocycles. The van der Waals surface area contributed by atoms with E-state index in [-0.39, 0.29) is 17.8 Å². The van der Waals surface area contributed by atoms with Gasteiger partial charge < -0.3 is 15.8 Å². The first-order valence-electron chi connectivity index (χ1n) is 10.5. The van der Waals surface area contributed by atoms with Crippen LogP contribution in [0, 0.1) is 12.7 Å². The fourth-order valence-corrected chi connectivity index (χ4v) is 3.97. The highest BCUT2D eigenvalue weighted by molar-refractivity contribution is 9.10. The number of carbonyl (C=O) groups excluding carboxylic acids is 1. The molecule has 0 saturated heterocycles. The largest absolute Gasteiger partial charge is 0.444 e. The molecular weight excluding hydrogens is 495 g/mol. The number of ether oxygens (including phenoxy) is 1. The van der Waals surface area contributed by atoms with Crippen molar-refractivity contribution >= 4 is 33.8 Å². The topological polar surface area (TPSA) is 124 Å². The van der Waals surface area contributed by atoms with Gasteiger partial charge in [-0.1, -0.05) is 22.0 Å². The molecule has 0 spiro atoms. The van der Waals surface area contributed by atoms with Gasteiger partial charge in [-0.3, -0.25) is 9.83 Å². The number of rotatable bonds is 6. The van der Waals surface area contributed by atoms with Gasteiger partial charge in [-0.05, 0) is 51.8 Å². The molecule has 0 bridgehead atoms. The number of alkyl carbamates (subject to hydrolysis) is 1. The Morgan fingerprint density at radius 3 is 2.79 bits per heavy atom. The molecule has 1 aromatic heterocycles. The van der Waals surface area contributed by atoms with Gasteiger partial charge in [0.05, 0.1) is 29.6 Å². The fraction of sp³-hybridized carbons (Fsp3) is 0.455. The lowest BCUT2D eigenvalue weighted by molar-refractivity contribution is 0.0507. The Morgan fingerprint density at radius 1 is 1.33 bits per heavy atom. The molecule has 2 heterocycles. The molecule has 0 fully saturated rings. The van der Waals surface area contributed by atoms with E-state index in [1.165, 1.54) is 12.1 Å². The van der Waals surface area contributed by atoms with Gasteiger partial charge in [-0.25, -0.2) is 24.6 Å². The van der Waals surface area contributed by atoms with E-state index >= 15 is 0 Å². The molecule has 0 aliphatic carbocycles. The highest BCUT2D eigenvalue weighted by Crippen LogP contribution is 2.34. The molecule has 9 nitrogen and oxygen atoms in total.